The van der Waals surface area contributed by atoms with Gasteiger partial charge in [0.1, 0.15) is 0 Å². The molecule has 3 rings (SSSR count). The molecule has 118 valence electrons. The van der Waals surface area contributed by atoms with Crippen molar-refractivity contribution in [3.05, 3.63) is 71.1 Å². The van der Waals surface area contributed by atoms with E-state index in [2.05, 4.69) is 14.9 Å². The first-order valence-corrected chi connectivity index (χ1v) is 7.90. The second-order valence-corrected chi connectivity index (χ2v) is 5.82. The lowest BCUT2D eigenvalue weighted by atomic mass is 10.2. The third-order valence-electron chi connectivity index (χ3n) is 3.66. The van der Waals surface area contributed by atoms with Crippen LogP contribution in [0.15, 0.2) is 54.9 Å². The van der Waals surface area contributed by atoms with E-state index in [-0.39, 0.29) is 6.61 Å². The topological polar surface area (TPSA) is 49.2 Å². The summed E-state index contributed by atoms with van der Waals surface area (Å²) in [6, 6.07) is 13.8. The van der Waals surface area contributed by atoms with Gasteiger partial charge in [-0.3, -0.25) is 9.88 Å². The van der Waals surface area contributed by atoms with Gasteiger partial charge in [-0.1, -0.05) is 35.9 Å². The van der Waals surface area contributed by atoms with Gasteiger partial charge in [-0.05, 0) is 23.8 Å². The van der Waals surface area contributed by atoms with Crippen molar-refractivity contribution in [1.82, 2.24) is 14.9 Å². The Morgan fingerprint density at radius 1 is 1.04 bits per heavy atom. The molecule has 0 atom stereocenters. The van der Waals surface area contributed by atoms with Crippen molar-refractivity contribution in [2.24, 2.45) is 0 Å². The molecule has 0 saturated heterocycles. The van der Waals surface area contributed by atoms with Gasteiger partial charge in [-0.2, -0.15) is 0 Å². The minimum atomic E-state index is 0.106. The maximum absolute atomic E-state index is 9.31. The van der Waals surface area contributed by atoms with Crippen LogP contribution < -0.4 is 0 Å². The second-order valence-electron chi connectivity index (χ2n) is 5.41. The zero-order valence-corrected chi connectivity index (χ0v) is 13.4. The average Bonchev–Trinajstić information content (AvgIpc) is 2.57. The number of aliphatic hydroxyl groups excluding tert-OH is 1. The molecule has 0 bridgehead atoms. The monoisotopic (exact) mass is 327 g/mol. The van der Waals surface area contributed by atoms with Crippen LogP contribution in [0.1, 0.15) is 11.3 Å². The molecule has 0 amide bonds. The predicted molar refractivity (Wildman–Crippen MR) is 92.2 cm³/mol. The highest BCUT2D eigenvalue weighted by atomic mass is 35.5. The smallest absolute Gasteiger partial charge is 0.0891 e. The number of hydrogen-bond donors (Lipinski definition) is 1. The van der Waals surface area contributed by atoms with Crippen molar-refractivity contribution in [1.29, 1.82) is 0 Å². The highest BCUT2D eigenvalue weighted by Gasteiger charge is 2.09. The van der Waals surface area contributed by atoms with E-state index in [0.717, 1.165) is 28.7 Å². The summed E-state index contributed by atoms with van der Waals surface area (Å²) in [6.07, 6.45) is 3.60. The molecule has 0 saturated carbocycles. The molecule has 1 aromatic carbocycles. The molecular formula is C18H18ClN3O. The normalized spacial score (nSPS) is 11.3. The largest absolute Gasteiger partial charge is 0.395 e. The summed E-state index contributed by atoms with van der Waals surface area (Å²) in [5.74, 6) is 0. The van der Waals surface area contributed by atoms with E-state index in [1.54, 1.807) is 6.20 Å². The van der Waals surface area contributed by atoms with Crippen molar-refractivity contribution in [3.8, 4) is 0 Å². The summed E-state index contributed by atoms with van der Waals surface area (Å²) >= 11 is 6.23. The first kappa shape index (κ1) is 15.9. The van der Waals surface area contributed by atoms with Crippen LogP contribution in [0.3, 0.4) is 0 Å². The van der Waals surface area contributed by atoms with Crippen molar-refractivity contribution in [2.75, 3.05) is 13.2 Å². The molecule has 2 heterocycles. The number of aromatic nitrogens is 2. The molecule has 3 aromatic rings. The summed E-state index contributed by atoms with van der Waals surface area (Å²) in [6.45, 7) is 2.05. The SMILES string of the molecule is OCCN(Cc1cccnc1)Cc1ccc2cccc(Cl)c2n1. The molecule has 0 aliphatic rings. The van der Waals surface area contributed by atoms with Gasteiger partial charge >= 0.3 is 0 Å². The molecule has 0 aliphatic carbocycles. The number of aliphatic hydroxyl groups is 1. The Morgan fingerprint density at radius 2 is 1.96 bits per heavy atom. The van der Waals surface area contributed by atoms with Crippen LogP contribution in [0.2, 0.25) is 5.02 Å². The van der Waals surface area contributed by atoms with E-state index < -0.39 is 0 Å². The lowest BCUT2D eigenvalue weighted by molar-refractivity contribution is 0.183. The van der Waals surface area contributed by atoms with Crippen molar-refractivity contribution in [2.45, 2.75) is 13.1 Å². The zero-order chi connectivity index (χ0) is 16.1. The lowest BCUT2D eigenvalue weighted by Gasteiger charge is -2.21. The van der Waals surface area contributed by atoms with Gasteiger partial charge in [0, 0.05) is 37.4 Å². The van der Waals surface area contributed by atoms with Crippen molar-refractivity contribution < 1.29 is 5.11 Å². The van der Waals surface area contributed by atoms with Crippen LogP contribution in [0, 0.1) is 0 Å². The van der Waals surface area contributed by atoms with E-state index in [1.807, 2.05) is 48.7 Å². The van der Waals surface area contributed by atoms with Gasteiger partial charge in [-0.15, -0.1) is 0 Å². The maximum Gasteiger partial charge on any atom is 0.0891 e. The van der Waals surface area contributed by atoms with Gasteiger partial charge in [0.05, 0.1) is 22.8 Å². The van der Waals surface area contributed by atoms with Gasteiger partial charge in [0.25, 0.3) is 0 Å². The molecule has 0 aliphatic heterocycles. The van der Waals surface area contributed by atoms with E-state index >= 15 is 0 Å². The van der Waals surface area contributed by atoms with Gasteiger partial charge < -0.3 is 5.11 Å². The molecule has 5 heteroatoms. The Morgan fingerprint density at radius 3 is 2.74 bits per heavy atom. The zero-order valence-electron chi connectivity index (χ0n) is 12.7. The maximum atomic E-state index is 9.31. The number of nitrogens with zero attached hydrogens (tertiary/aromatic N) is 3. The summed E-state index contributed by atoms with van der Waals surface area (Å²) in [5.41, 5.74) is 2.86. The minimum absolute atomic E-state index is 0.106. The predicted octanol–water partition coefficient (Wildman–Crippen LogP) is 3.28. The summed E-state index contributed by atoms with van der Waals surface area (Å²) in [4.78, 5) is 10.9. The number of halogens is 1. The van der Waals surface area contributed by atoms with Gasteiger partial charge in [0.2, 0.25) is 0 Å². The molecule has 2 aromatic heterocycles. The van der Waals surface area contributed by atoms with E-state index in [9.17, 15) is 5.11 Å². The average molecular weight is 328 g/mol. The van der Waals surface area contributed by atoms with E-state index in [1.165, 1.54) is 0 Å². The Bertz CT molecular complexity index is 780. The minimum Gasteiger partial charge on any atom is -0.395 e. The number of benzene rings is 1. The molecule has 0 fully saturated rings. The van der Waals surface area contributed by atoms with Crippen LogP contribution in [0.25, 0.3) is 10.9 Å². The number of fused-ring (bicyclic) bond motifs is 1. The lowest BCUT2D eigenvalue weighted by Crippen LogP contribution is -2.26. The summed E-state index contributed by atoms with van der Waals surface area (Å²) in [5, 5.41) is 11.0. The van der Waals surface area contributed by atoms with Crippen LogP contribution in [-0.4, -0.2) is 33.1 Å². The molecule has 0 radical (unpaired) electrons. The Labute approximate surface area is 140 Å². The van der Waals surface area contributed by atoms with Crippen molar-refractivity contribution >= 4 is 22.5 Å². The Hall–Kier alpha value is -2.01. The summed E-state index contributed by atoms with van der Waals surface area (Å²) in [7, 11) is 0. The number of rotatable bonds is 6. The first-order chi connectivity index (χ1) is 11.3. The third kappa shape index (κ3) is 4.05. The fraction of sp³-hybridized carbons (Fsp3) is 0.222. The van der Waals surface area contributed by atoms with Crippen molar-refractivity contribution in [3.63, 3.8) is 0 Å². The fourth-order valence-electron chi connectivity index (χ4n) is 2.57. The van der Waals surface area contributed by atoms with Crippen LogP contribution >= 0.6 is 11.6 Å². The molecule has 23 heavy (non-hydrogen) atoms. The third-order valence-corrected chi connectivity index (χ3v) is 3.96. The van der Waals surface area contributed by atoms with Gasteiger partial charge in [-0.25, -0.2) is 4.98 Å². The van der Waals surface area contributed by atoms with Crippen LogP contribution in [-0.2, 0) is 13.1 Å². The standard InChI is InChI=1S/C18H18ClN3O/c19-17-5-1-4-15-6-7-16(21-18(15)17)13-22(9-10-23)12-14-3-2-8-20-11-14/h1-8,11,23H,9-10,12-13H2. The Kier molecular flexibility index (Phi) is 5.18. The van der Waals surface area contributed by atoms with E-state index in [0.29, 0.717) is 18.1 Å². The first-order valence-electron chi connectivity index (χ1n) is 7.52. The molecule has 1 N–H and O–H groups in total. The Balaban J connectivity index is 1.81. The number of para-hydroxylation sites is 1. The molecule has 0 unspecified atom stereocenters. The van der Waals surface area contributed by atoms with Gasteiger partial charge in [0.15, 0.2) is 0 Å². The molecular weight excluding hydrogens is 310 g/mol. The quantitative estimate of drug-likeness (QED) is 0.755. The molecule has 4 nitrogen and oxygen atoms in total. The fourth-order valence-corrected chi connectivity index (χ4v) is 2.80. The highest BCUT2D eigenvalue weighted by molar-refractivity contribution is 6.35. The molecule has 0 spiro atoms. The van der Waals surface area contributed by atoms with E-state index in [4.69, 9.17) is 11.6 Å². The number of pyridine rings is 2. The van der Waals surface area contributed by atoms with Crippen LogP contribution in [0.4, 0.5) is 0 Å². The second kappa shape index (κ2) is 7.51. The number of hydrogen-bond acceptors (Lipinski definition) is 4. The van der Waals surface area contributed by atoms with Crippen LogP contribution in [0.5, 0.6) is 0 Å². The summed E-state index contributed by atoms with van der Waals surface area (Å²) < 4.78 is 0. The highest BCUT2D eigenvalue weighted by Crippen LogP contribution is 2.22.